The molecular formula is C18H23ClN4O. The number of amidine groups is 1. The van der Waals surface area contributed by atoms with E-state index in [2.05, 4.69) is 14.9 Å². The highest BCUT2D eigenvalue weighted by Crippen LogP contribution is 2.15. The molecule has 24 heavy (non-hydrogen) atoms. The van der Waals surface area contributed by atoms with E-state index in [-0.39, 0.29) is 0 Å². The molecule has 1 aliphatic heterocycles. The largest absolute Gasteiger partial charge is 0.465 e. The Morgan fingerprint density at radius 1 is 1.38 bits per heavy atom. The third-order valence-electron chi connectivity index (χ3n) is 3.41. The first-order valence-electron chi connectivity index (χ1n) is 8.13. The monoisotopic (exact) mass is 346 g/mol. The molecule has 128 valence electrons. The Hall–Kier alpha value is -2.27. The van der Waals surface area contributed by atoms with Crippen LogP contribution in [-0.4, -0.2) is 28.8 Å². The molecule has 0 radical (unpaired) electrons. The van der Waals surface area contributed by atoms with Gasteiger partial charge < -0.3 is 15.1 Å². The van der Waals surface area contributed by atoms with Crippen LogP contribution in [0.3, 0.4) is 0 Å². The number of aromatic nitrogens is 1. The molecule has 2 aromatic rings. The van der Waals surface area contributed by atoms with Crippen molar-refractivity contribution in [3.05, 3.63) is 58.9 Å². The van der Waals surface area contributed by atoms with Gasteiger partial charge in [0.1, 0.15) is 16.7 Å². The molecule has 0 bridgehead atoms. The summed E-state index contributed by atoms with van der Waals surface area (Å²) in [6.45, 7) is 6.40. The predicted molar refractivity (Wildman–Crippen MR) is 98.8 cm³/mol. The number of aliphatic imine (C=N–C) groups is 1. The number of hydrogen-bond acceptors (Lipinski definition) is 5. The lowest BCUT2D eigenvalue weighted by atomic mass is 10.2. The maximum Gasteiger partial charge on any atom is 0.147 e. The van der Waals surface area contributed by atoms with Crippen molar-refractivity contribution in [2.24, 2.45) is 10.7 Å². The van der Waals surface area contributed by atoms with Gasteiger partial charge in [-0.15, -0.1) is 0 Å². The van der Waals surface area contributed by atoms with Crippen LogP contribution in [0.15, 0.2) is 51.8 Å². The lowest BCUT2D eigenvalue weighted by Gasteiger charge is -2.29. The minimum absolute atomic E-state index is 0.494. The van der Waals surface area contributed by atoms with Crippen LogP contribution >= 0.6 is 11.6 Å². The zero-order valence-corrected chi connectivity index (χ0v) is 14.8. The Balaban J connectivity index is 0.00000100. The number of furan rings is 1. The molecule has 5 nitrogen and oxygen atoms in total. The van der Waals surface area contributed by atoms with Gasteiger partial charge in [-0.05, 0) is 30.2 Å². The standard InChI is InChI=1S/C16H17ClN4O.C2H6/c17-15-5-4-12(10-20-15)11-21-7-2-6-19-16(21)14(18)9-13-3-1-8-22-13;1-2/h1,3-5,8-10H,2,6-7,11,18H2;1-2H3/b14-9+;. The van der Waals surface area contributed by atoms with Crippen molar-refractivity contribution in [2.75, 3.05) is 13.1 Å². The van der Waals surface area contributed by atoms with Gasteiger partial charge in [0.25, 0.3) is 0 Å². The van der Waals surface area contributed by atoms with Crippen LogP contribution in [0, 0.1) is 0 Å². The summed E-state index contributed by atoms with van der Waals surface area (Å²) in [5.74, 6) is 1.52. The van der Waals surface area contributed by atoms with E-state index in [1.165, 1.54) is 0 Å². The molecular weight excluding hydrogens is 324 g/mol. The van der Waals surface area contributed by atoms with Crippen molar-refractivity contribution in [1.82, 2.24) is 9.88 Å². The van der Waals surface area contributed by atoms with Crippen LogP contribution in [0.5, 0.6) is 0 Å². The highest BCUT2D eigenvalue weighted by Gasteiger charge is 2.18. The third-order valence-corrected chi connectivity index (χ3v) is 3.63. The van der Waals surface area contributed by atoms with Crippen LogP contribution < -0.4 is 5.73 Å². The minimum atomic E-state index is 0.494. The van der Waals surface area contributed by atoms with Crippen molar-refractivity contribution in [3.8, 4) is 0 Å². The molecule has 0 saturated heterocycles. The number of hydrogen-bond donors (Lipinski definition) is 1. The summed E-state index contributed by atoms with van der Waals surface area (Å²) in [7, 11) is 0. The first-order valence-corrected chi connectivity index (χ1v) is 8.51. The van der Waals surface area contributed by atoms with Gasteiger partial charge >= 0.3 is 0 Å². The second kappa shape index (κ2) is 9.13. The first kappa shape index (κ1) is 18.1. The van der Waals surface area contributed by atoms with Gasteiger partial charge in [-0.25, -0.2) is 4.98 Å². The summed E-state index contributed by atoms with van der Waals surface area (Å²) >= 11 is 5.83. The van der Waals surface area contributed by atoms with Crippen LogP contribution in [0.1, 0.15) is 31.6 Å². The van der Waals surface area contributed by atoms with E-state index in [1.807, 2.05) is 32.0 Å². The Morgan fingerprint density at radius 2 is 2.21 bits per heavy atom. The van der Waals surface area contributed by atoms with Crippen molar-refractivity contribution in [3.63, 3.8) is 0 Å². The molecule has 0 aromatic carbocycles. The van der Waals surface area contributed by atoms with Crippen LogP contribution in [0.4, 0.5) is 0 Å². The van der Waals surface area contributed by atoms with Crippen molar-refractivity contribution in [1.29, 1.82) is 0 Å². The number of halogens is 1. The van der Waals surface area contributed by atoms with Gasteiger partial charge in [-0.1, -0.05) is 31.5 Å². The summed E-state index contributed by atoms with van der Waals surface area (Å²) in [6, 6.07) is 7.45. The highest BCUT2D eigenvalue weighted by atomic mass is 35.5. The average molecular weight is 347 g/mol. The second-order valence-electron chi connectivity index (χ2n) is 5.08. The number of nitrogens with two attached hydrogens (primary N) is 1. The molecule has 6 heteroatoms. The van der Waals surface area contributed by atoms with Crippen molar-refractivity contribution >= 4 is 23.5 Å². The Kier molecular flexibility index (Phi) is 6.88. The molecule has 1 aliphatic rings. The predicted octanol–water partition coefficient (Wildman–Crippen LogP) is 3.96. The van der Waals surface area contributed by atoms with Gasteiger partial charge in [-0.2, -0.15) is 0 Å². The SMILES string of the molecule is CC.N/C(=C/c1ccco1)C1=NCCCN1Cc1ccc(Cl)nc1. The summed E-state index contributed by atoms with van der Waals surface area (Å²) in [6.07, 6.45) is 6.22. The molecule has 0 saturated carbocycles. The van der Waals surface area contributed by atoms with Gasteiger partial charge in [0, 0.05) is 31.9 Å². The summed E-state index contributed by atoms with van der Waals surface area (Å²) in [5.41, 5.74) is 7.88. The van der Waals surface area contributed by atoms with E-state index >= 15 is 0 Å². The van der Waals surface area contributed by atoms with E-state index in [0.29, 0.717) is 17.4 Å². The van der Waals surface area contributed by atoms with Crippen molar-refractivity contribution < 1.29 is 4.42 Å². The van der Waals surface area contributed by atoms with E-state index in [4.69, 9.17) is 21.8 Å². The fourth-order valence-corrected chi connectivity index (χ4v) is 2.50. The smallest absolute Gasteiger partial charge is 0.147 e. The highest BCUT2D eigenvalue weighted by molar-refractivity contribution is 6.29. The number of rotatable bonds is 4. The molecule has 2 aromatic heterocycles. The summed E-state index contributed by atoms with van der Waals surface area (Å²) in [5, 5.41) is 0.494. The molecule has 0 unspecified atom stereocenters. The number of nitrogens with zero attached hydrogens (tertiary/aromatic N) is 3. The topological polar surface area (TPSA) is 67.7 Å². The fraction of sp³-hybridized carbons (Fsp3) is 0.333. The average Bonchev–Trinajstić information content (AvgIpc) is 3.12. The van der Waals surface area contributed by atoms with Crippen LogP contribution in [-0.2, 0) is 6.54 Å². The summed E-state index contributed by atoms with van der Waals surface area (Å²) < 4.78 is 5.31. The Labute approximate surface area is 147 Å². The lowest BCUT2D eigenvalue weighted by molar-refractivity contribution is 0.387. The molecule has 2 N–H and O–H groups in total. The van der Waals surface area contributed by atoms with E-state index in [0.717, 1.165) is 36.7 Å². The van der Waals surface area contributed by atoms with Crippen molar-refractivity contribution in [2.45, 2.75) is 26.8 Å². The second-order valence-corrected chi connectivity index (χ2v) is 5.47. The zero-order chi connectivity index (χ0) is 17.4. The minimum Gasteiger partial charge on any atom is -0.465 e. The molecule has 0 fully saturated rings. The maximum atomic E-state index is 6.20. The van der Waals surface area contributed by atoms with Gasteiger partial charge in [0.15, 0.2) is 0 Å². The van der Waals surface area contributed by atoms with E-state index in [1.54, 1.807) is 24.6 Å². The molecule has 0 spiro atoms. The number of pyridine rings is 1. The van der Waals surface area contributed by atoms with Gasteiger partial charge in [0.05, 0.1) is 12.0 Å². The Bertz CT molecular complexity index is 678. The van der Waals surface area contributed by atoms with E-state index in [9.17, 15) is 0 Å². The molecule has 0 aliphatic carbocycles. The van der Waals surface area contributed by atoms with Gasteiger partial charge in [0.2, 0.25) is 0 Å². The zero-order valence-electron chi connectivity index (χ0n) is 14.1. The molecule has 3 rings (SSSR count). The maximum absolute atomic E-state index is 6.20. The quantitative estimate of drug-likeness (QED) is 0.851. The first-order chi connectivity index (χ1) is 11.7. The third kappa shape index (κ3) is 4.86. The molecule has 0 amide bonds. The lowest BCUT2D eigenvalue weighted by Crippen LogP contribution is -2.38. The van der Waals surface area contributed by atoms with Gasteiger partial charge in [-0.3, -0.25) is 4.99 Å². The van der Waals surface area contributed by atoms with Crippen LogP contribution in [0.25, 0.3) is 6.08 Å². The molecule has 3 heterocycles. The molecule has 0 atom stereocenters. The normalized spacial score (nSPS) is 14.7. The summed E-state index contributed by atoms with van der Waals surface area (Å²) in [4.78, 5) is 10.8. The van der Waals surface area contributed by atoms with E-state index < -0.39 is 0 Å². The van der Waals surface area contributed by atoms with Crippen LogP contribution in [0.2, 0.25) is 5.15 Å². The fourth-order valence-electron chi connectivity index (χ4n) is 2.39. The Morgan fingerprint density at radius 3 is 2.88 bits per heavy atom.